The van der Waals surface area contributed by atoms with Gasteiger partial charge in [-0.15, -0.1) is 0 Å². The molecule has 4 rings (SSSR count). The van der Waals surface area contributed by atoms with Crippen LogP contribution in [0.25, 0.3) is 0 Å². The number of carbonyl (C=O) groups excluding carboxylic acids is 1. The van der Waals surface area contributed by atoms with E-state index >= 15 is 0 Å². The van der Waals surface area contributed by atoms with Crippen molar-refractivity contribution in [3.63, 3.8) is 0 Å². The Morgan fingerprint density at radius 2 is 1.67 bits per heavy atom. The number of nitrogens with one attached hydrogen (secondary N) is 2. The van der Waals surface area contributed by atoms with Gasteiger partial charge in [0.15, 0.2) is 0 Å². The smallest absolute Gasteiger partial charge is 0.357 e. The van der Waals surface area contributed by atoms with Crippen LogP contribution in [0.4, 0.5) is 38.2 Å². The first-order chi connectivity index (χ1) is 18.4. The van der Waals surface area contributed by atoms with Gasteiger partial charge in [-0.2, -0.15) is 41.3 Å². The molecule has 1 aromatic heterocycles. The molecule has 1 aliphatic heterocycles. The first-order valence-corrected chi connectivity index (χ1v) is 13.1. The molecule has 2 aliphatic rings. The second kappa shape index (κ2) is 12.0. The lowest BCUT2D eigenvalue weighted by molar-refractivity contribution is -0.182. The maximum atomic E-state index is 13.1. The minimum Gasteiger partial charge on any atom is -0.357 e. The second-order valence-corrected chi connectivity index (χ2v) is 10.3. The zero-order valence-corrected chi connectivity index (χ0v) is 21.6. The van der Waals surface area contributed by atoms with Crippen molar-refractivity contribution in [3.8, 4) is 0 Å². The lowest BCUT2D eigenvalue weighted by Crippen LogP contribution is -2.37. The molecule has 0 unspecified atom stereocenters. The van der Waals surface area contributed by atoms with E-state index in [4.69, 9.17) is 0 Å². The Balaban J connectivity index is 1.29. The molecule has 2 N–H and O–H groups in total. The summed E-state index contributed by atoms with van der Waals surface area (Å²) in [5, 5.41) is 5.62. The average Bonchev–Trinajstić information content (AvgIpc) is 2.91. The molecule has 1 saturated heterocycles. The molecule has 2 heterocycles. The van der Waals surface area contributed by atoms with E-state index in [1.165, 1.54) is 6.07 Å². The van der Waals surface area contributed by atoms with Crippen molar-refractivity contribution in [1.29, 1.82) is 0 Å². The van der Waals surface area contributed by atoms with Crippen molar-refractivity contribution in [1.82, 2.24) is 20.3 Å². The summed E-state index contributed by atoms with van der Waals surface area (Å²) in [7, 11) is 1.67. The van der Waals surface area contributed by atoms with Gasteiger partial charge in [0.1, 0.15) is 5.82 Å². The van der Waals surface area contributed by atoms with Gasteiger partial charge >= 0.3 is 12.4 Å². The summed E-state index contributed by atoms with van der Waals surface area (Å²) >= 11 is 0. The fraction of sp³-hybridized carbons (Fsp3) is 0.615. The van der Waals surface area contributed by atoms with E-state index in [1.54, 1.807) is 13.1 Å². The Hall–Kier alpha value is -3.12. The van der Waals surface area contributed by atoms with E-state index < -0.39 is 23.8 Å². The number of aromatic nitrogens is 3. The van der Waals surface area contributed by atoms with Gasteiger partial charge in [0.2, 0.25) is 17.8 Å². The summed E-state index contributed by atoms with van der Waals surface area (Å²) in [6.07, 6.45) is -6.09. The third-order valence-corrected chi connectivity index (χ3v) is 7.54. The van der Waals surface area contributed by atoms with Gasteiger partial charge in [-0.25, -0.2) is 0 Å². The van der Waals surface area contributed by atoms with Crippen LogP contribution in [0.15, 0.2) is 24.3 Å². The first-order valence-electron chi connectivity index (χ1n) is 13.1. The summed E-state index contributed by atoms with van der Waals surface area (Å²) < 4.78 is 77.9. The number of carbonyl (C=O) groups is 1. The van der Waals surface area contributed by atoms with Gasteiger partial charge in [-0.1, -0.05) is 12.1 Å². The molecule has 1 amide bonds. The van der Waals surface area contributed by atoms with Crippen molar-refractivity contribution >= 4 is 17.8 Å². The quantitative estimate of drug-likeness (QED) is 0.425. The molecule has 1 saturated carbocycles. The van der Waals surface area contributed by atoms with Crippen LogP contribution >= 0.6 is 0 Å². The van der Waals surface area contributed by atoms with Gasteiger partial charge in [0.25, 0.3) is 0 Å². The maximum absolute atomic E-state index is 13.1. The third-order valence-electron chi connectivity index (χ3n) is 7.54. The number of amides is 1. The number of benzene rings is 1. The van der Waals surface area contributed by atoms with Gasteiger partial charge < -0.3 is 15.5 Å². The van der Waals surface area contributed by atoms with Crippen molar-refractivity contribution in [3.05, 3.63) is 41.2 Å². The van der Waals surface area contributed by atoms with Crippen LogP contribution in [0.3, 0.4) is 0 Å². The van der Waals surface area contributed by atoms with Gasteiger partial charge in [0.05, 0.1) is 11.5 Å². The van der Waals surface area contributed by atoms with Gasteiger partial charge in [0, 0.05) is 39.0 Å². The van der Waals surface area contributed by atoms with E-state index in [1.807, 2.05) is 4.90 Å². The van der Waals surface area contributed by atoms with Crippen molar-refractivity contribution in [2.24, 2.45) is 11.8 Å². The van der Waals surface area contributed by atoms with Crippen LogP contribution in [0, 0.1) is 11.8 Å². The Kier molecular flexibility index (Phi) is 8.85. The van der Waals surface area contributed by atoms with Crippen LogP contribution in [-0.2, 0) is 17.5 Å². The number of anilines is 2. The zero-order valence-electron chi connectivity index (χ0n) is 21.6. The van der Waals surface area contributed by atoms with E-state index in [9.17, 15) is 31.1 Å². The Morgan fingerprint density at radius 1 is 0.974 bits per heavy atom. The molecular formula is C26H32F6N6O. The number of piperidine rings is 1. The molecule has 1 aromatic carbocycles. The molecule has 13 heteroatoms. The van der Waals surface area contributed by atoms with E-state index in [0.717, 1.165) is 12.1 Å². The molecule has 1 aliphatic carbocycles. The second-order valence-electron chi connectivity index (χ2n) is 10.3. The Morgan fingerprint density at radius 3 is 2.28 bits per heavy atom. The Bertz CT molecular complexity index is 1120. The number of hydrogen-bond donors (Lipinski definition) is 2. The van der Waals surface area contributed by atoms with E-state index in [0.29, 0.717) is 62.1 Å². The summed E-state index contributed by atoms with van der Waals surface area (Å²) in [6.45, 7) is 1.21. The number of rotatable bonds is 7. The molecule has 2 fully saturated rings. The summed E-state index contributed by atoms with van der Waals surface area (Å²) in [6, 6.07) is 4.88. The summed E-state index contributed by atoms with van der Waals surface area (Å²) in [5.41, 5.74) is -0.371. The van der Waals surface area contributed by atoms with Gasteiger partial charge in [-0.05, 0) is 62.1 Å². The van der Waals surface area contributed by atoms with Crippen LogP contribution < -0.4 is 15.5 Å². The highest BCUT2D eigenvalue weighted by molar-refractivity contribution is 5.76. The highest BCUT2D eigenvalue weighted by atomic mass is 19.4. The molecule has 2 aromatic rings. The molecule has 0 bridgehead atoms. The van der Waals surface area contributed by atoms with E-state index in [2.05, 4.69) is 25.6 Å². The first kappa shape index (κ1) is 28.9. The minimum atomic E-state index is -4.44. The predicted octanol–water partition coefficient (Wildman–Crippen LogP) is 5.69. The normalized spacial score (nSPS) is 21.1. The van der Waals surface area contributed by atoms with Crippen LogP contribution in [-0.4, -0.2) is 47.2 Å². The number of halogens is 6. The monoisotopic (exact) mass is 558 g/mol. The average molecular weight is 559 g/mol. The fourth-order valence-corrected chi connectivity index (χ4v) is 5.23. The lowest BCUT2D eigenvalue weighted by atomic mass is 9.81. The third kappa shape index (κ3) is 7.72. The minimum absolute atomic E-state index is 0.0207. The lowest BCUT2D eigenvalue weighted by Gasteiger charge is -2.33. The van der Waals surface area contributed by atoms with Crippen LogP contribution in [0.2, 0.25) is 0 Å². The van der Waals surface area contributed by atoms with Gasteiger partial charge in [-0.3, -0.25) is 4.79 Å². The van der Waals surface area contributed by atoms with Crippen molar-refractivity contribution in [2.75, 3.05) is 30.4 Å². The Labute approximate surface area is 222 Å². The molecule has 0 radical (unpaired) electrons. The maximum Gasteiger partial charge on any atom is 0.416 e. The topological polar surface area (TPSA) is 83.0 Å². The molecule has 0 atom stereocenters. The molecule has 0 spiro atoms. The number of alkyl halides is 6. The number of nitrogens with zero attached hydrogens (tertiary/aromatic N) is 4. The predicted molar refractivity (Wildman–Crippen MR) is 133 cm³/mol. The standard InChI is InChI=1S/C26H32F6N6O/c1-33-23-35-22(18-5-7-19(8-6-18)25(27,28)29)36-24(37-23)38-11-9-16(10-12-38)14-21(39)34-15-17-3-2-4-20(13-17)26(30,31)32/h2-4,13,16,18-19H,5-12,14-15H2,1H3,(H,34,39)(H,33,35,36,37). The summed E-state index contributed by atoms with van der Waals surface area (Å²) in [4.78, 5) is 27.9. The van der Waals surface area contributed by atoms with Crippen LogP contribution in [0.5, 0.6) is 0 Å². The van der Waals surface area contributed by atoms with E-state index in [-0.39, 0.29) is 43.6 Å². The van der Waals surface area contributed by atoms with Crippen molar-refractivity contribution in [2.45, 2.75) is 69.8 Å². The zero-order chi connectivity index (χ0) is 28.2. The molecular weight excluding hydrogens is 526 g/mol. The molecule has 39 heavy (non-hydrogen) atoms. The number of hydrogen-bond acceptors (Lipinski definition) is 6. The molecule has 214 valence electrons. The molecule has 7 nitrogen and oxygen atoms in total. The van der Waals surface area contributed by atoms with Crippen LogP contribution in [0.1, 0.15) is 67.8 Å². The summed E-state index contributed by atoms with van der Waals surface area (Å²) in [5.74, 6) is -0.221. The SMILES string of the molecule is CNc1nc(C2CCC(C(F)(F)F)CC2)nc(N2CCC(CC(=O)NCc3cccc(C(F)(F)F)c3)CC2)n1. The highest BCUT2D eigenvalue weighted by Gasteiger charge is 2.42. The largest absolute Gasteiger partial charge is 0.416 e. The van der Waals surface area contributed by atoms with Crippen molar-refractivity contribution < 1.29 is 31.1 Å². The fourth-order valence-electron chi connectivity index (χ4n) is 5.23. The highest BCUT2D eigenvalue weighted by Crippen LogP contribution is 2.42.